The number of likely N-dealkylation sites (tertiary alicyclic amines) is 1. The zero-order valence-electron chi connectivity index (χ0n) is 10.8. The maximum atomic E-state index is 12.3. The van der Waals surface area contributed by atoms with Crippen LogP contribution in [0.2, 0.25) is 0 Å². The summed E-state index contributed by atoms with van der Waals surface area (Å²) in [6.07, 6.45) is 0.611. The topological polar surface area (TPSA) is 86.7 Å². The van der Waals surface area contributed by atoms with Crippen LogP contribution in [0.25, 0.3) is 0 Å². The van der Waals surface area contributed by atoms with Crippen molar-refractivity contribution in [2.45, 2.75) is 18.3 Å². The van der Waals surface area contributed by atoms with Crippen molar-refractivity contribution in [2.24, 2.45) is 0 Å². The third-order valence-corrected chi connectivity index (χ3v) is 4.03. The van der Waals surface area contributed by atoms with E-state index in [4.69, 9.17) is 5.11 Å². The summed E-state index contributed by atoms with van der Waals surface area (Å²) in [7, 11) is 0. The molecule has 3 rings (SSSR count). The van der Waals surface area contributed by atoms with Crippen LogP contribution in [-0.2, 0) is 19.8 Å². The van der Waals surface area contributed by atoms with Gasteiger partial charge in [0.1, 0.15) is 6.54 Å². The summed E-state index contributed by atoms with van der Waals surface area (Å²) in [4.78, 5) is 36.3. The minimum absolute atomic E-state index is 0.126. The quantitative estimate of drug-likeness (QED) is 0.826. The first-order valence-corrected chi connectivity index (χ1v) is 6.43. The number of piperidine rings is 1. The number of carbonyl (C=O) groups excluding carboxylic acids is 2. The van der Waals surface area contributed by atoms with Gasteiger partial charge >= 0.3 is 5.97 Å². The molecule has 6 nitrogen and oxygen atoms in total. The fraction of sp³-hybridized carbons (Fsp3) is 0.357. The van der Waals surface area contributed by atoms with E-state index < -0.39 is 11.4 Å². The second-order valence-corrected chi connectivity index (χ2v) is 5.23. The molecule has 2 heterocycles. The molecule has 2 amide bonds. The first kappa shape index (κ1) is 12.7. The van der Waals surface area contributed by atoms with Crippen molar-refractivity contribution in [2.75, 3.05) is 18.4 Å². The van der Waals surface area contributed by atoms with E-state index in [9.17, 15) is 14.4 Å². The SMILES string of the molecule is O=C(O)CN1CC2(CCC1=O)C(=O)Nc1ccccc12. The van der Waals surface area contributed by atoms with E-state index in [2.05, 4.69) is 5.32 Å². The molecular weight excluding hydrogens is 260 g/mol. The molecule has 1 atom stereocenters. The van der Waals surface area contributed by atoms with Crippen LogP contribution in [-0.4, -0.2) is 40.9 Å². The highest BCUT2D eigenvalue weighted by molar-refractivity contribution is 6.07. The number of hydrogen-bond donors (Lipinski definition) is 2. The molecule has 104 valence electrons. The van der Waals surface area contributed by atoms with Gasteiger partial charge in [0.05, 0.1) is 5.41 Å². The lowest BCUT2D eigenvalue weighted by Gasteiger charge is -2.38. The lowest BCUT2D eigenvalue weighted by Crippen LogP contribution is -2.53. The van der Waals surface area contributed by atoms with Gasteiger partial charge in [0.25, 0.3) is 0 Å². The second-order valence-electron chi connectivity index (χ2n) is 5.23. The molecule has 1 saturated heterocycles. The van der Waals surface area contributed by atoms with Crippen molar-refractivity contribution in [3.63, 3.8) is 0 Å². The maximum Gasteiger partial charge on any atom is 0.323 e. The van der Waals surface area contributed by atoms with Gasteiger partial charge in [-0.15, -0.1) is 0 Å². The number of para-hydroxylation sites is 1. The molecular formula is C14H14N2O4. The molecule has 1 unspecified atom stereocenters. The lowest BCUT2D eigenvalue weighted by molar-refractivity contribution is -0.148. The number of amides is 2. The highest BCUT2D eigenvalue weighted by atomic mass is 16.4. The maximum absolute atomic E-state index is 12.3. The van der Waals surface area contributed by atoms with Crippen LogP contribution in [0, 0.1) is 0 Å². The van der Waals surface area contributed by atoms with Crippen molar-refractivity contribution >= 4 is 23.5 Å². The Morgan fingerprint density at radius 1 is 1.35 bits per heavy atom. The van der Waals surface area contributed by atoms with Crippen LogP contribution in [0.15, 0.2) is 24.3 Å². The van der Waals surface area contributed by atoms with Gasteiger partial charge in [-0.3, -0.25) is 14.4 Å². The molecule has 1 fully saturated rings. The van der Waals surface area contributed by atoms with Crippen LogP contribution < -0.4 is 5.32 Å². The summed E-state index contributed by atoms with van der Waals surface area (Å²) in [5.74, 6) is -1.43. The highest BCUT2D eigenvalue weighted by Gasteiger charge is 2.50. The number of hydrogen-bond acceptors (Lipinski definition) is 3. The summed E-state index contributed by atoms with van der Waals surface area (Å²) >= 11 is 0. The molecule has 0 aliphatic carbocycles. The number of nitrogens with zero attached hydrogens (tertiary/aromatic N) is 1. The molecule has 0 saturated carbocycles. The Kier molecular flexibility index (Phi) is 2.74. The molecule has 6 heteroatoms. The minimum Gasteiger partial charge on any atom is -0.480 e. The van der Waals surface area contributed by atoms with Gasteiger partial charge in [0.15, 0.2) is 0 Å². The highest BCUT2D eigenvalue weighted by Crippen LogP contribution is 2.43. The van der Waals surface area contributed by atoms with Crippen LogP contribution in [0.4, 0.5) is 5.69 Å². The Bertz CT molecular complexity index is 613. The fourth-order valence-electron chi connectivity index (χ4n) is 3.06. The van der Waals surface area contributed by atoms with Gasteiger partial charge in [-0.1, -0.05) is 18.2 Å². The van der Waals surface area contributed by atoms with E-state index in [1.165, 1.54) is 4.90 Å². The van der Waals surface area contributed by atoms with Gasteiger partial charge in [-0.05, 0) is 18.1 Å². The average Bonchev–Trinajstić information content (AvgIpc) is 2.67. The number of carboxylic acids is 1. The predicted molar refractivity (Wildman–Crippen MR) is 70.2 cm³/mol. The molecule has 20 heavy (non-hydrogen) atoms. The summed E-state index contributed by atoms with van der Waals surface area (Å²) in [6.45, 7) is -0.239. The number of fused-ring (bicyclic) bond motifs is 2. The molecule has 1 spiro atoms. The minimum atomic E-state index is -1.07. The van der Waals surface area contributed by atoms with Gasteiger partial charge in [-0.25, -0.2) is 0 Å². The van der Waals surface area contributed by atoms with Crippen molar-refractivity contribution in [3.8, 4) is 0 Å². The Balaban J connectivity index is 1.98. The molecule has 2 aliphatic rings. The van der Waals surface area contributed by atoms with E-state index in [1.54, 1.807) is 0 Å². The summed E-state index contributed by atoms with van der Waals surface area (Å²) in [5.41, 5.74) is 0.801. The Hall–Kier alpha value is -2.37. The third-order valence-electron chi connectivity index (χ3n) is 4.03. The second kappa shape index (κ2) is 4.33. The Morgan fingerprint density at radius 3 is 2.85 bits per heavy atom. The molecule has 1 aromatic rings. The van der Waals surface area contributed by atoms with Crippen molar-refractivity contribution in [1.29, 1.82) is 0 Å². The van der Waals surface area contributed by atoms with E-state index in [-0.39, 0.29) is 31.3 Å². The first-order valence-electron chi connectivity index (χ1n) is 6.43. The largest absolute Gasteiger partial charge is 0.480 e. The zero-order valence-corrected chi connectivity index (χ0v) is 10.8. The smallest absolute Gasteiger partial charge is 0.323 e. The molecule has 0 aromatic heterocycles. The van der Waals surface area contributed by atoms with Gasteiger partial charge < -0.3 is 15.3 Å². The van der Waals surface area contributed by atoms with Gasteiger partial charge in [0, 0.05) is 18.7 Å². The number of carbonyl (C=O) groups is 3. The van der Waals surface area contributed by atoms with Crippen LogP contribution >= 0.6 is 0 Å². The van der Waals surface area contributed by atoms with E-state index in [1.807, 2.05) is 24.3 Å². The standard InChI is InChI=1S/C14H14N2O4/c17-11-5-6-14(8-16(11)7-12(18)19)9-3-1-2-4-10(9)15-13(14)20/h1-4H,5-8H2,(H,15,20)(H,18,19). The van der Waals surface area contributed by atoms with E-state index >= 15 is 0 Å². The van der Waals surface area contributed by atoms with Crippen molar-refractivity contribution in [1.82, 2.24) is 4.90 Å². The Morgan fingerprint density at radius 2 is 2.10 bits per heavy atom. The van der Waals surface area contributed by atoms with Crippen LogP contribution in [0.3, 0.4) is 0 Å². The fourth-order valence-corrected chi connectivity index (χ4v) is 3.06. The first-order chi connectivity index (χ1) is 9.53. The van der Waals surface area contributed by atoms with Gasteiger partial charge in [-0.2, -0.15) is 0 Å². The summed E-state index contributed by atoms with van der Waals surface area (Å²) in [6, 6.07) is 7.36. The monoisotopic (exact) mass is 274 g/mol. The summed E-state index contributed by atoms with van der Waals surface area (Å²) in [5, 5.41) is 11.7. The molecule has 1 aromatic carbocycles. The van der Waals surface area contributed by atoms with Crippen molar-refractivity contribution < 1.29 is 19.5 Å². The molecule has 2 N–H and O–H groups in total. The summed E-state index contributed by atoms with van der Waals surface area (Å²) < 4.78 is 0. The number of carboxylic acid groups (broad SMARTS) is 1. The Labute approximate surface area is 115 Å². The average molecular weight is 274 g/mol. The number of rotatable bonds is 2. The van der Waals surface area contributed by atoms with E-state index in [0.717, 1.165) is 11.3 Å². The number of anilines is 1. The van der Waals surface area contributed by atoms with Crippen molar-refractivity contribution in [3.05, 3.63) is 29.8 Å². The number of aliphatic carboxylic acids is 1. The zero-order chi connectivity index (χ0) is 14.3. The number of benzene rings is 1. The van der Waals surface area contributed by atoms with Gasteiger partial charge in [0.2, 0.25) is 11.8 Å². The molecule has 0 bridgehead atoms. The number of nitrogens with one attached hydrogen (secondary N) is 1. The van der Waals surface area contributed by atoms with Crippen LogP contribution in [0.5, 0.6) is 0 Å². The molecule has 2 aliphatic heterocycles. The third kappa shape index (κ3) is 1.76. The predicted octanol–water partition coefficient (Wildman–Crippen LogP) is 0.583. The lowest BCUT2D eigenvalue weighted by atomic mass is 9.75. The van der Waals surface area contributed by atoms with E-state index in [0.29, 0.717) is 6.42 Å². The van der Waals surface area contributed by atoms with Crippen LogP contribution in [0.1, 0.15) is 18.4 Å². The normalized spacial score (nSPS) is 24.7. The molecule has 0 radical (unpaired) electrons.